The summed E-state index contributed by atoms with van der Waals surface area (Å²) in [6.45, 7) is 0. The van der Waals surface area contributed by atoms with Crippen LogP contribution in [0.15, 0.2) is 64.7 Å². The number of Topliss-reactive ketones (excluding diaryl/α,β-unsaturated/α-hetero) is 1. The molecule has 0 saturated heterocycles. The molecule has 142 valence electrons. The van der Waals surface area contributed by atoms with Crippen LogP contribution in [0.25, 0.3) is 0 Å². The predicted octanol–water partition coefficient (Wildman–Crippen LogP) is 4.05. The largest absolute Gasteiger partial charge is 0.503 e. The van der Waals surface area contributed by atoms with Crippen molar-refractivity contribution in [1.29, 1.82) is 0 Å². The van der Waals surface area contributed by atoms with Crippen LogP contribution in [0.3, 0.4) is 0 Å². The van der Waals surface area contributed by atoms with Gasteiger partial charge >= 0.3 is 0 Å². The maximum Gasteiger partial charge on any atom is 0.296 e. The minimum absolute atomic E-state index is 0.0836. The van der Waals surface area contributed by atoms with Gasteiger partial charge in [0.25, 0.3) is 5.91 Å². The molecule has 0 spiro atoms. The van der Waals surface area contributed by atoms with Crippen LogP contribution in [0.1, 0.15) is 21.3 Å². The number of rotatable bonds is 5. The molecule has 0 bridgehead atoms. The second-order valence-electron chi connectivity index (χ2n) is 6.45. The van der Waals surface area contributed by atoms with E-state index in [4.69, 9.17) is 0 Å². The van der Waals surface area contributed by atoms with Gasteiger partial charge in [-0.3, -0.25) is 14.5 Å². The number of aromatic nitrogens is 1. The van der Waals surface area contributed by atoms with E-state index in [0.717, 1.165) is 11.3 Å². The molecule has 4 rings (SSSR count). The molecule has 1 aliphatic rings. The average Bonchev–Trinajstić information content (AvgIpc) is 3.43. The van der Waals surface area contributed by atoms with E-state index in [-0.39, 0.29) is 11.4 Å². The second kappa shape index (κ2) is 7.21. The number of thiazole rings is 1. The molecule has 0 radical (unpaired) electrons. The van der Waals surface area contributed by atoms with Crippen molar-refractivity contribution in [2.75, 3.05) is 23.9 Å². The Morgan fingerprint density at radius 1 is 1.14 bits per heavy atom. The summed E-state index contributed by atoms with van der Waals surface area (Å²) in [4.78, 5) is 34.1. The van der Waals surface area contributed by atoms with Gasteiger partial charge in [0.1, 0.15) is 0 Å². The molecule has 0 aliphatic carbocycles. The average molecular weight is 412 g/mol. The van der Waals surface area contributed by atoms with Crippen molar-refractivity contribution >= 4 is 45.2 Å². The van der Waals surface area contributed by atoms with Crippen LogP contribution >= 0.6 is 22.7 Å². The fraction of sp³-hybridized carbons (Fsp3) is 0.150. The van der Waals surface area contributed by atoms with E-state index in [9.17, 15) is 14.7 Å². The van der Waals surface area contributed by atoms with Crippen molar-refractivity contribution in [3.05, 3.63) is 75.1 Å². The molecule has 0 unspecified atom stereocenters. The van der Waals surface area contributed by atoms with Gasteiger partial charge in [0.15, 0.2) is 10.9 Å². The Balaban J connectivity index is 1.85. The molecule has 3 heterocycles. The molecule has 3 aromatic rings. The molecule has 8 heteroatoms. The van der Waals surface area contributed by atoms with Gasteiger partial charge in [0, 0.05) is 31.4 Å². The summed E-state index contributed by atoms with van der Waals surface area (Å²) < 4.78 is 0. The van der Waals surface area contributed by atoms with E-state index >= 15 is 0 Å². The Morgan fingerprint density at radius 2 is 1.89 bits per heavy atom. The zero-order chi connectivity index (χ0) is 19.8. The normalized spacial score (nSPS) is 16.7. The van der Waals surface area contributed by atoms with E-state index in [2.05, 4.69) is 4.98 Å². The minimum atomic E-state index is -0.732. The zero-order valence-electron chi connectivity index (χ0n) is 15.2. The van der Waals surface area contributed by atoms with E-state index in [1.165, 1.54) is 27.6 Å². The Morgan fingerprint density at radius 3 is 2.46 bits per heavy atom. The standard InChI is InChI=1S/C20H17N3O3S2/c1-22(2)13-7-5-12(6-8-13)16-15(17(24)14-4-3-10-27-14)18(25)19(26)23(16)20-21-9-11-28-20/h3-11,16,25H,1-2H3/t16-/m0/s1. The highest BCUT2D eigenvalue weighted by molar-refractivity contribution is 7.14. The van der Waals surface area contributed by atoms with Gasteiger partial charge in [-0.1, -0.05) is 18.2 Å². The molecule has 1 amide bonds. The fourth-order valence-electron chi connectivity index (χ4n) is 3.18. The number of thiophene rings is 1. The summed E-state index contributed by atoms with van der Waals surface area (Å²) in [5.41, 5.74) is 1.81. The number of ketones is 1. The smallest absolute Gasteiger partial charge is 0.296 e. The maximum atomic E-state index is 13.1. The van der Waals surface area contributed by atoms with Crippen molar-refractivity contribution in [1.82, 2.24) is 4.98 Å². The summed E-state index contributed by atoms with van der Waals surface area (Å²) in [6.07, 6.45) is 1.59. The number of aliphatic hydroxyl groups is 1. The molecule has 6 nitrogen and oxygen atoms in total. The molecule has 28 heavy (non-hydrogen) atoms. The van der Waals surface area contributed by atoms with Crippen LogP contribution in [0, 0.1) is 0 Å². The molecule has 0 saturated carbocycles. The lowest BCUT2D eigenvalue weighted by molar-refractivity contribution is -0.117. The van der Waals surface area contributed by atoms with Crippen LogP contribution in [0.5, 0.6) is 0 Å². The first-order valence-corrected chi connectivity index (χ1v) is 10.3. The third-order valence-corrected chi connectivity index (χ3v) is 6.19. The number of hydrogen-bond donors (Lipinski definition) is 1. The van der Waals surface area contributed by atoms with Crippen molar-refractivity contribution in [2.24, 2.45) is 0 Å². The van der Waals surface area contributed by atoms with Gasteiger partial charge in [0.05, 0.1) is 16.5 Å². The number of amides is 1. The van der Waals surface area contributed by atoms with Crippen LogP contribution in [0.2, 0.25) is 0 Å². The van der Waals surface area contributed by atoms with E-state index < -0.39 is 17.7 Å². The molecule has 1 atom stereocenters. The van der Waals surface area contributed by atoms with E-state index in [0.29, 0.717) is 10.0 Å². The maximum absolute atomic E-state index is 13.1. The first-order chi connectivity index (χ1) is 13.5. The van der Waals surface area contributed by atoms with Gasteiger partial charge in [0.2, 0.25) is 5.78 Å². The molecule has 1 aliphatic heterocycles. The Hall–Kier alpha value is -2.97. The fourth-order valence-corrected chi connectivity index (χ4v) is 4.52. The topological polar surface area (TPSA) is 73.7 Å². The Labute approximate surface area is 170 Å². The van der Waals surface area contributed by atoms with Crippen LogP contribution < -0.4 is 9.80 Å². The number of benzene rings is 1. The number of anilines is 2. The minimum Gasteiger partial charge on any atom is -0.503 e. The van der Waals surface area contributed by atoms with Crippen molar-refractivity contribution in [2.45, 2.75) is 6.04 Å². The number of nitrogens with zero attached hydrogens (tertiary/aromatic N) is 3. The number of carbonyl (C=O) groups is 2. The highest BCUT2D eigenvalue weighted by Gasteiger charge is 2.45. The van der Waals surface area contributed by atoms with Gasteiger partial charge in [-0.25, -0.2) is 4.98 Å². The summed E-state index contributed by atoms with van der Waals surface area (Å²) in [5.74, 6) is -1.48. The summed E-state index contributed by atoms with van der Waals surface area (Å²) in [6, 6.07) is 10.3. The molecular weight excluding hydrogens is 394 g/mol. The summed E-state index contributed by atoms with van der Waals surface area (Å²) in [7, 11) is 3.88. The van der Waals surface area contributed by atoms with Crippen LogP contribution in [0.4, 0.5) is 10.8 Å². The first-order valence-electron chi connectivity index (χ1n) is 8.50. The van der Waals surface area contributed by atoms with E-state index in [1.807, 2.05) is 43.3 Å². The van der Waals surface area contributed by atoms with Gasteiger partial charge in [-0.2, -0.15) is 0 Å². The highest BCUT2D eigenvalue weighted by atomic mass is 32.1. The van der Waals surface area contributed by atoms with Crippen LogP contribution in [-0.4, -0.2) is 35.9 Å². The SMILES string of the molecule is CN(C)c1ccc([C@H]2C(C(=O)c3cccs3)=C(O)C(=O)N2c2nccs2)cc1. The Bertz CT molecular complexity index is 1040. The molecule has 0 fully saturated rings. The lowest BCUT2D eigenvalue weighted by atomic mass is 9.95. The lowest BCUT2D eigenvalue weighted by Gasteiger charge is -2.25. The molecular formula is C20H17N3O3S2. The molecule has 1 N–H and O–H groups in total. The predicted molar refractivity (Wildman–Crippen MR) is 111 cm³/mol. The third-order valence-electron chi connectivity index (χ3n) is 4.55. The van der Waals surface area contributed by atoms with Gasteiger partial charge in [-0.05, 0) is 29.1 Å². The Kier molecular flexibility index (Phi) is 4.74. The molecule has 1 aromatic carbocycles. The van der Waals surface area contributed by atoms with Crippen molar-refractivity contribution < 1.29 is 14.7 Å². The summed E-state index contributed by atoms with van der Waals surface area (Å²) >= 11 is 2.56. The summed E-state index contributed by atoms with van der Waals surface area (Å²) in [5, 5.41) is 14.6. The lowest BCUT2D eigenvalue weighted by Crippen LogP contribution is -2.30. The molecule has 2 aromatic heterocycles. The number of carbonyl (C=O) groups excluding carboxylic acids is 2. The monoisotopic (exact) mass is 411 g/mol. The van der Waals surface area contributed by atoms with Crippen molar-refractivity contribution in [3.63, 3.8) is 0 Å². The van der Waals surface area contributed by atoms with Gasteiger partial charge < -0.3 is 10.0 Å². The first kappa shape index (κ1) is 18.4. The second-order valence-corrected chi connectivity index (χ2v) is 8.27. The third kappa shape index (κ3) is 3.00. The zero-order valence-corrected chi connectivity index (χ0v) is 16.8. The quantitative estimate of drug-likeness (QED) is 0.641. The van der Waals surface area contributed by atoms with Crippen LogP contribution in [-0.2, 0) is 4.79 Å². The number of hydrogen-bond acceptors (Lipinski definition) is 7. The number of aliphatic hydroxyl groups excluding tert-OH is 1. The van der Waals surface area contributed by atoms with Crippen molar-refractivity contribution in [3.8, 4) is 0 Å². The highest BCUT2D eigenvalue weighted by Crippen LogP contribution is 2.43. The van der Waals surface area contributed by atoms with E-state index in [1.54, 1.807) is 29.1 Å². The van der Waals surface area contributed by atoms with Gasteiger partial charge in [-0.15, -0.1) is 22.7 Å².